The van der Waals surface area contributed by atoms with E-state index in [1.165, 1.54) is 18.5 Å². The molecule has 2 N–H and O–H groups in total. The molecule has 4 aromatic rings. The van der Waals surface area contributed by atoms with Crippen molar-refractivity contribution in [3.63, 3.8) is 0 Å². The number of anilines is 1. The summed E-state index contributed by atoms with van der Waals surface area (Å²) in [5.74, 6) is 0.492. The lowest BCUT2D eigenvalue weighted by Gasteiger charge is -2.12. The van der Waals surface area contributed by atoms with Crippen LogP contribution < -0.4 is 10.5 Å². The zero-order chi connectivity index (χ0) is 20.2. The number of hydrogen-bond donors (Lipinski definition) is 1. The van der Waals surface area contributed by atoms with Crippen molar-refractivity contribution in [2.75, 3.05) is 5.73 Å². The lowest BCUT2D eigenvalue weighted by molar-refractivity contribution is 0.464. The van der Waals surface area contributed by atoms with E-state index in [1.54, 1.807) is 36.4 Å². The van der Waals surface area contributed by atoms with Gasteiger partial charge in [0.15, 0.2) is 0 Å². The molecule has 0 saturated heterocycles. The summed E-state index contributed by atoms with van der Waals surface area (Å²) in [5, 5.41) is 9.00. The van der Waals surface area contributed by atoms with Gasteiger partial charge in [0.05, 0.1) is 0 Å². The van der Waals surface area contributed by atoms with Crippen molar-refractivity contribution < 1.29 is 9.13 Å². The molecule has 0 spiro atoms. The van der Waals surface area contributed by atoms with Crippen molar-refractivity contribution in [3.8, 4) is 40.0 Å². The maximum absolute atomic E-state index is 14.8. The first-order valence-electron chi connectivity index (χ1n) is 8.66. The maximum atomic E-state index is 14.8. The molecule has 2 aromatic heterocycles. The summed E-state index contributed by atoms with van der Waals surface area (Å²) in [6.07, 6.45) is 2.96. The van der Waals surface area contributed by atoms with Gasteiger partial charge >= 0.3 is 0 Å². The summed E-state index contributed by atoms with van der Waals surface area (Å²) < 4.78 is 20.7. The Morgan fingerprint density at radius 3 is 2.45 bits per heavy atom. The molecule has 140 valence electrons. The summed E-state index contributed by atoms with van der Waals surface area (Å²) in [6, 6.07) is 19.0. The molecule has 6 nitrogen and oxygen atoms in total. The number of nitrogens with zero attached hydrogens (tertiary/aromatic N) is 4. The van der Waals surface area contributed by atoms with Crippen molar-refractivity contribution >= 4 is 5.95 Å². The molecule has 0 bridgehead atoms. The fourth-order valence-electron chi connectivity index (χ4n) is 2.83. The van der Waals surface area contributed by atoms with Gasteiger partial charge in [-0.2, -0.15) is 5.26 Å². The number of pyridine rings is 1. The first-order chi connectivity index (χ1) is 14.1. The summed E-state index contributed by atoms with van der Waals surface area (Å²) >= 11 is 0. The number of nitrogens with two attached hydrogens (primary N) is 1. The van der Waals surface area contributed by atoms with Crippen LogP contribution in [0, 0.1) is 17.1 Å². The fourth-order valence-corrected chi connectivity index (χ4v) is 2.83. The second-order valence-corrected chi connectivity index (χ2v) is 6.10. The largest absolute Gasteiger partial charge is 0.438 e. The Bertz CT molecular complexity index is 1220. The minimum atomic E-state index is -0.421. The average Bonchev–Trinajstić information content (AvgIpc) is 2.75. The molecule has 7 heteroatoms. The van der Waals surface area contributed by atoms with E-state index < -0.39 is 5.82 Å². The zero-order valence-corrected chi connectivity index (χ0v) is 15.1. The van der Waals surface area contributed by atoms with E-state index in [0.29, 0.717) is 28.0 Å². The second kappa shape index (κ2) is 7.74. The monoisotopic (exact) mass is 383 g/mol. The molecular weight excluding hydrogens is 369 g/mol. The molecule has 0 aliphatic heterocycles. The van der Waals surface area contributed by atoms with Crippen molar-refractivity contribution in [2.45, 2.75) is 0 Å². The van der Waals surface area contributed by atoms with Crippen molar-refractivity contribution in [1.82, 2.24) is 15.0 Å². The highest BCUT2D eigenvalue weighted by Gasteiger charge is 2.12. The van der Waals surface area contributed by atoms with Gasteiger partial charge in [-0.1, -0.05) is 36.4 Å². The summed E-state index contributed by atoms with van der Waals surface area (Å²) in [7, 11) is 0. The van der Waals surface area contributed by atoms with Crippen LogP contribution >= 0.6 is 0 Å². The molecule has 2 aromatic carbocycles. The third-order valence-corrected chi connectivity index (χ3v) is 4.20. The predicted molar refractivity (Wildman–Crippen MR) is 106 cm³/mol. The van der Waals surface area contributed by atoms with E-state index in [-0.39, 0.29) is 17.5 Å². The third kappa shape index (κ3) is 3.87. The number of nitrogen functional groups attached to an aromatic ring is 1. The van der Waals surface area contributed by atoms with Crippen LogP contribution in [-0.2, 0) is 0 Å². The Hall–Kier alpha value is -4.31. The first kappa shape index (κ1) is 18.1. The molecule has 2 heterocycles. The molecule has 0 aliphatic carbocycles. The zero-order valence-electron chi connectivity index (χ0n) is 15.1. The number of ether oxygens (including phenoxy) is 1. The molecule has 0 amide bonds. The van der Waals surface area contributed by atoms with Gasteiger partial charge in [-0.3, -0.25) is 0 Å². The van der Waals surface area contributed by atoms with Gasteiger partial charge < -0.3 is 10.5 Å². The van der Waals surface area contributed by atoms with Gasteiger partial charge in [0.25, 0.3) is 0 Å². The molecule has 0 saturated carbocycles. The normalized spacial score (nSPS) is 10.3. The number of aromatic nitrogens is 3. The lowest BCUT2D eigenvalue weighted by Crippen LogP contribution is -1.95. The van der Waals surface area contributed by atoms with Crippen LogP contribution in [0.1, 0.15) is 5.69 Å². The second-order valence-electron chi connectivity index (χ2n) is 6.10. The number of halogens is 1. The number of benzene rings is 2. The average molecular weight is 383 g/mol. The van der Waals surface area contributed by atoms with Crippen molar-refractivity contribution in [1.29, 1.82) is 5.26 Å². The van der Waals surface area contributed by atoms with Crippen molar-refractivity contribution in [3.05, 3.63) is 84.6 Å². The molecule has 29 heavy (non-hydrogen) atoms. The Morgan fingerprint density at radius 2 is 1.69 bits per heavy atom. The van der Waals surface area contributed by atoms with Gasteiger partial charge in [-0.05, 0) is 23.8 Å². The number of para-hydroxylation sites is 1. The highest BCUT2D eigenvalue weighted by molar-refractivity contribution is 5.74. The van der Waals surface area contributed by atoms with Crippen LogP contribution in [0.3, 0.4) is 0 Å². The Balaban J connectivity index is 1.69. The van der Waals surface area contributed by atoms with Gasteiger partial charge in [-0.25, -0.2) is 19.3 Å². The first-order valence-corrected chi connectivity index (χ1v) is 8.66. The van der Waals surface area contributed by atoms with Crippen LogP contribution in [0.2, 0.25) is 0 Å². The topological polar surface area (TPSA) is 97.7 Å². The van der Waals surface area contributed by atoms with E-state index in [9.17, 15) is 4.39 Å². The number of nitriles is 1. The SMILES string of the molecule is N#Cc1cccc(Oc2ccccc2-c2ccc(-c3cnc(N)nc3)c(F)c2)n1. The molecule has 0 unspecified atom stereocenters. The molecular formula is C22H14FN5O. The highest BCUT2D eigenvalue weighted by Crippen LogP contribution is 2.35. The molecule has 4 rings (SSSR count). The minimum absolute atomic E-state index is 0.130. The summed E-state index contributed by atoms with van der Waals surface area (Å²) in [6.45, 7) is 0. The van der Waals surface area contributed by atoms with Crippen LogP contribution in [0.25, 0.3) is 22.3 Å². The summed E-state index contributed by atoms with van der Waals surface area (Å²) in [4.78, 5) is 11.9. The van der Waals surface area contributed by atoms with Gasteiger partial charge in [0, 0.05) is 35.2 Å². The third-order valence-electron chi connectivity index (χ3n) is 4.20. The Morgan fingerprint density at radius 1 is 0.897 bits per heavy atom. The predicted octanol–water partition coefficient (Wildman–Crippen LogP) is 4.59. The molecule has 0 fully saturated rings. The van der Waals surface area contributed by atoms with Crippen LogP contribution in [0.5, 0.6) is 11.6 Å². The quantitative estimate of drug-likeness (QED) is 0.553. The molecule has 0 aliphatic rings. The van der Waals surface area contributed by atoms with E-state index in [1.807, 2.05) is 24.3 Å². The number of rotatable bonds is 4. The van der Waals surface area contributed by atoms with Crippen molar-refractivity contribution in [2.24, 2.45) is 0 Å². The molecule has 0 radical (unpaired) electrons. The van der Waals surface area contributed by atoms with Crippen LogP contribution in [0.15, 0.2) is 73.1 Å². The smallest absolute Gasteiger partial charge is 0.220 e. The van der Waals surface area contributed by atoms with E-state index >= 15 is 0 Å². The standard InChI is InChI=1S/C22H14FN5O/c23-19-10-14(8-9-17(19)15-12-26-22(25)27-13-15)18-5-1-2-6-20(18)29-21-7-3-4-16(11-24)28-21/h1-10,12-13H,(H2,25,26,27). The van der Waals surface area contributed by atoms with E-state index in [4.69, 9.17) is 15.7 Å². The van der Waals surface area contributed by atoms with Crippen LogP contribution in [0.4, 0.5) is 10.3 Å². The van der Waals surface area contributed by atoms with Gasteiger partial charge in [0.1, 0.15) is 23.3 Å². The molecule has 0 atom stereocenters. The van der Waals surface area contributed by atoms with Crippen LogP contribution in [-0.4, -0.2) is 15.0 Å². The number of hydrogen-bond acceptors (Lipinski definition) is 6. The Labute approximate surface area is 166 Å². The van der Waals surface area contributed by atoms with Gasteiger partial charge in [0.2, 0.25) is 11.8 Å². The lowest BCUT2D eigenvalue weighted by atomic mass is 10.0. The Kier molecular flexibility index (Phi) is 4.82. The minimum Gasteiger partial charge on any atom is -0.438 e. The maximum Gasteiger partial charge on any atom is 0.220 e. The highest BCUT2D eigenvalue weighted by atomic mass is 19.1. The fraction of sp³-hybridized carbons (Fsp3) is 0. The van der Waals surface area contributed by atoms with E-state index in [2.05, 4.69) is 15.0 Å². The van der Waals surface area contributed by atoms with E-state index in [0.717, 1.165) is 0 Å². The summed E-state index contributed by atoms with van der Waals surface area (Å²) in [5.41, 5.74) is 7.97. The van der Waals surface area contributed by atoms with Gasteiger partial charge in [-0.15, -0.1) is 0 Å².